The summed E-state index contributed by atoms with van der Waals surface area (Å²) in [5, 5.41) is 12.5. The number of aryl methyl sites for hydroxylation is 1. The first-order chi connectivity index (χ1) is 13.7. The lowest BCUT2D eigenvalue weighted by molar-refractivity contribution is 0.121. The number of nitrogens with one attached hydrogen (secondary N) is 1. The van der Waals surface area contributed by atoms with Crippen LogP contribution in [0.3, 0.4) is 0 Å². The summed E-state index contributed by atoms with van der Waals surface area (Å²) in [6.45, 7) is 12.7. The summed E-state index contributed by atoms with van der Waals surface area (Å²) in [5.41, 5.74) is -0.288. The van der Waals surface area contributed by atoms with Crippen LogP contribution in [0.2, 0.25) is 18.1 Å². The van der Waals surface area contributed by atoms with Gasteiger partial charge in [0.05, 0.1) is 22.0 Å². The number of hydrogen-bond donors (Lipinski definition) is 2. The van der Waals surface area contributed by atoms with Crippen LogP contribution >= 0.6 is 15.9 Å². The predicted octanol–water partition coefficient (Wildman–Crippen LogP) is 5.34. The van der Waals surface area contributed by atoms with Gasteiger partial charge in [-0.15, -0.1) is 0 Å². The van der Waals surface area contributed by atoms with Gasteiger partial charge >= 0.3 is 6.09 Å². The van der Waals surface area contributed by atoms with Gasteiger partial charge in [-0.25, -0.2) is 9.18 Å². The van der Waals surface area contributed by atoms with E-state index >= 15 is 0 Å². The van der Waals surface area contributed by atoms with Crippen molar-refractivity contribution in [2.24, 2.45) is 0 Å². The van der Waals surface area contributed by atoms with Crippen molar-refractivity contribution < 1.29 is 18.7 Å². The molecule has 2 unspecified atom stereocenters. The van der Waals surface area contributed by atoms with E-state index in [0.29, 0.717) is 28.2 Å². The van der Waals surface area contributed by atoms with Crippen molar-refractivity contribution in [2.75, 3.05) is 0 Å². The minimum Gasteiger partial charge on any atom is -0.465 e. The minimum atomic E-state index is -2.17. The highest BCUT2D eigenvalue weighted by Crippen LogP contribution is 2.38. The van der Waals surface area contributed by atoms with Crippen LogP contribution in [-0.4, -0.2) is 36.2 Å². The molecule has 1 heterocycles. The Balaban J connectivity index is 2.30. The number of fused-ring (bicyclic) bond motifs is 1. The maximum absolute atomic E-state index is 13.9. The number of hydrogen-bond acceptors (Lipinski definition) is 3. The van der Waals surface area contributed by atoms with E-state index in [4.69, 9.17) is 9.53 Å². The third-order valence-electron chi connectivity index (χ3n) is 5.83. The summed E-state index contributed by atoms with van der Waals surface area (Å²) >= 11 is 3.14. The van der Waals surface area contributed by atoms with Crippen molar-refractivity contribution in [1.29, 1.82) is 0 Å². The lowest BCUT2D eigenvalue weighted by atomic mass is 10.1. The molecule has 0 aliphatic carbocycles. The fourth-order valence-electron chi connectivity index (χ4n) is 2.97. The molecule has 2 atom stereocenters. The van der Waals surface area contributed by atoms with Crippen molar-refractivity contribution in [3.8, 4) is 0 Å². The van der Waals surface area contributed by atoms with Crippen molar-refractivity contribution in [3.63, 3.8) is 0 Å². The first-order valence-electron chi connectivity index (χ1n) is 9.88. The van der Waals surface area contributed by atoms with Crippen LogP contribution in [0.4, 0.5) is 9.18 Å². The lowest BCUT2D eigenvalue weighted by Crippen LogP contribution is -2.51. The standard InChI is InChI=1S/C21H30BrFN2O4Si/c1-13(24-20(27)28)18(29-30(5,6)21(2,3)4)8-10-25-9-7-14-11-16(22)17(23)12-15(14)19(25)26/h7,9,11-13,18,24H,8,10H2,1-6H3,(H,27,28). The van der Waals surface area contributed by atoms with Crippen LogP contribution in [-0.2, 0) is 11.0 Å². The molecule has 0 aliphatic rings. The summed E-state index contributed by atoms with van der Waals surface area (Å²) < 4.78 is 22.2. The van der Waals surface area contributed by atoms with Gasteiger partial charge in [-0.05, 0) is 71.0 Å². The number of nitrogens with zero attached hydrogens (tertiary/aromatic N) is 1. The van der Waals surface area contributed by atoms with E-state index in [0.717, 1.165) is 0 Å². The summed E-state index contributed by atoms with van der Waals surface area (Å²) in [6.07, 6.45) is 0.605. The molecule has 166 valence electrons. The lowest BCUT2D eigenvalue weighted by Gasteiger charge is -2.41. The normalized spacial score (nSPS) is 14.5. The Bertz CT molecular complexity index is 987. The molecule has 2 rings (SSSR count). The number of amides is 1. The third-order valence-corrected chi connectivity index (χ3v) is 10.9. The molecule has 1 amide bonds. The highest BCUT2D eigenvalue weighted by atomic mass is 79.9. The SMILES string of the molecule is CC(NC(=O)O)C(CCn1ccc2cc(Br)c(F)cc2c1=O)O[Si](C)(C)C(C)(C)C. The van der Waals surface area contributed by atoms with Gasteiger partial charge in [0.15, 0.2) is 8.32 Å². The van der Waals surface area contributed by atoms with Crippen LogP contribution in [0.1, 0.15) is 34.1 Å². The number of carboxylic acid groups (broad SMARTS) is 1. The molecule has 1 aromatic carbocycles. The Morgan fingerprint density at radius 3 is 2.57 bits per heavy atom. The average molecular weight is 501 g/mol. The van der Waals surface area contributed by atoms with E-state index < -0.39 is 32.4 Å². The van der Waals surface area contributed by atoms with Crippen LogP contribution < -0.4 is 10.9 Å². The minimum absolute atomic E-state index is 0.0428. The second-order valence-corrected chi connectivity index (χ2v) is 14.7. The molecular weight excluding hydrogens is 471 g/mol. The van der Waals surface area contributed by atoms with Gasteiger partial charge in [-0.3, -0.25) is 4.79 Å². The summed E-state index contributed by atoms with van der Waals surface area (Å²) in [7, 11) is -2.17. The molecule has 0 aliphatic heterocycles. The van der Waals surface area contributed by atoms with Gasteiger partial charge in [-0.2, -0.15) is 0 Å². The van der Waals surface area contributed by atoms with Crippen molar-refractivity contribution in [2.45, 2.75) is 70.9 Å². The summed E-state index contributed by atoms with van der Waals surface area (Å²) in [6, 6.07) is 4.14. The van der Waals surface area contributed by atoms with Crippen LogP contribution in [0.5, 0.6) is 0 Å². The zero-order chi connectivity index (χ0) is 22.9. The van der Waals surface area contributed by atoms with E-state index in [9.17, 15) is 14.0 Å². The van der Waals surface area contributed by atoms with Crippen molar-refractivity contribution >= 4 is 41.1 Å². The molecule has 2 aromatic rings. The molecule has 9 heteroatoms. The molecule has 0 saturated heterocycles. The monoisotopic (exact) mass is 500 g/mol. The van der Waals surface area contributed by atoms with Gasteiger partial charge in [0, 0.05) is 12.7 Å². The maximum Gasteiger partial charge on any atom is 0.404 e. The fraction of sp³-hybridized carbons (Fsp3) is 0.524. The molecule has 0 bridgehead atoms. The molecule has 0 spiro atoms. The van der Waals surface area contributed by atoms with Gasteiger partial charge in [-0.1, -0.05) is 20.8 Å². The molecular formula is C21H30BrFN2O4Si. The third kappa shape index (κ3) is 5.70. The Morgan fingerprint density at radius 2 is 2.00 bits per heavy atom. The summed E-state index contributed by atoms with van der Waals surface area (Å²) in [5.74, 6) is -0.490. The largest absolute Gasteiger partial charge is 0.465 e. The molecule has 0 fully saturated rings. The zero-order valence-electron chi connectivity index (χ0n) is 18.3. The zero-order valence-corrected chi connectivity index (χ0v) is 20.8. The number of benzene rings is 1. The molecule has 2 N–H and O–H groups in total. The Morgan fingerprint density at radius 1 is 1.37 bits per heavy atom. The topological polar surface area (TPSA) is 80.6 Å². The Hall–Kier alpha value is -1.71. The number of pyridine rings is 1. The molecule has 0 saturated carbocycles. The quantitative estimate of drug-likeness (QED) is 0.502. The van der Waals surface area contributed by atoms with E-state index in [1.165, 1.54) is 10.6 Å². The highest BCUT2D eigenvalue weighted by Gasteiger charge is 2.40. The highest BCUT2D eigenvalue weighted by molar-refractivity contribution is 9.10. The molecule has 1 aromatic heterocycles. The molecule has 0 radical (unpaired) electrons. The van der Waals surface area contributed by atoms with Crippen LogP contribution in [0, 0.1) is 5.82 Å². The second-order valence-electron chi connectivity index (χ2n) is 9.11. The van der Waals surface area contributed by atoms with E-state index in [1.54, 1.807) is 25.3 Å². The van der Waals surface area contributed by atoms with Crippen molar-refractivity contribution in [1.82, 2.24) is 9.88 Å². The summed E-state index contributed by atoms with van der Waals surface area (Å²) in [4.78, 5) is 24.0. The fourth-order valence-corrected chi connectivity index (χ4v) is 4.77. The van der Waals surface area contributed by atoms with Gasteiger partial charge in [0.25, 0.3) is 5.56 Å². The van der Waals surface area contributed by atoms with Gasteiger partial charge < -0.3 is 19.4 Å². The van der Waals surface area contributed by atoms with Crippen molar-refractivity contribution in [3.05, 3.63) is 45.0 Å². The van der Waals surface area contributed by atoms with Gasteiger partial charge in [0.1, 0.15) is 5.82 Å². The maximum atomic E-state index is 13.9. The first-order valence-corrected chi connectivity index (χ1v) is 13.6. The van der Waals surface area contributed by atoms with E-state index in [1.807, 2.05) is 0 Å². The predicted molar refractivity (Wildman–Crippen MR) is 123 cm³/mol. The number of rotatable bonds is 7. The first kappa shape index (κ1) is 24.6. The average Bonchev–Trinajstić information content (AvgIpc) is 2.60. The van der Waals surface area contributed by atoms with Gasteiger partial charge in [0.2, 0.25) is 0 Å². The number of aromatic nitrogens is 1. The smallest absolute Gasteiger partial charge is 0.404 e. The molecule has 6 nitrogen and oxygen atoms in total. The number of carbonyl (C=O) groups is 1. The van der Waals surface area contributed by atoms with E-state index in [-0.39, 0.29) is 10.6 Å². The molecule has 30 heavy (non-hydrogen) atoms. The second kappa shape index (κ2) is 9.19. The van der Waals surface area contributed by atoms with E-state index in [2.05, 4.69) is 55.1 Å². The van der Waals surface area contributed by atoms with Crippen LogP contribution in [0.25, 0.3) is 10.8 Å². The Labute approximate surface area is 185 Å². The Kier molecular flexibility index (Phi) is 7.53. The number of halogens is 2. The van der Waals surface area contributed by atoms with Crippen LogP contribution in [0.15, 0.2) is 33.7 Å².